The molecule has 2 N–H and O–H groups in total. The minimum atomic E-state index is -1.09. The zero-order chi connectivity index (χ0) is 12.7. The van der Waals surface area contributed by atoms with E-state index in [-0.39, 0.29) is 18.3 Å². The Hall–Kier alpha value is -1.91. The zero-order valence-electron chi connectivity index (χ0n) is 9.23. The van der Waals surface area contributed by atoms with E-state index in [1.807, 2.05) is 0 Å². The van der Waals surface area contributed by atoms with Crippen LogP contribution in [0.4, 0.5) is 9.18 Å². The maximum absolute atomic E-state index is 12.7. The van der Waals surface area contributed by atoms with Gasteiger partial charge in [0.1, 0.15) is 12.1 Å². The molecule has 0 heterocycles. The van der Waals surface area contributed by atoms with Gasteiger partial charge in [-0.05, 0) is 30.0 Å². The van der Waals surface area contributed by atoms with Gasteiger partial charge in [-0.3, -0.25) is 0 Å². The van der Waals surface area contributed by atoms with Gasteiger partial charge in [-0.2, -0.15) is 0 Å². The smallest absolute Gasteiger partial charge is 0.404 e. The van der Waals surface area contributed by atoms with E-state index >= 15 is 0 Å². The Balaban J connectivity index is 2.61. The molecule has 0 bridgehead atoms. The van der Waals surface area contributed by atoms with E-state index in [9.17, 15) is 14.0 Å². The predicted molar refractivity (Wildman–Crippen MR) is 60.5 cm³/mol. The lowest BCUT2D eigenvalue weighted by Gasteiger charge is -2.14. The van der Waals surface area contributed by atoms with Crippen molar-refractivity contribution in [1.29, 1.82) is 0 Å². The topological polar surface area (TPSA) is 66.4 Å². The summed E-state index contributed by atoms with van der Waals surface area (Å²) in [6.07, 6.45) is 0.507. The van der Waals surface area contributed by atoms with Gasteiger partial charge in [-0.25, -0.2) is 9.18 Å². The number of amides is 1. The number of hydrogen-bond donors (Lipinski definition) is 2. The van der Waals surface area contributed by atoms with Gasteiger partial charge < -0.3 is 15.2 Å². The molecule has 1 rings (SSSR count). The van der Waals surface area contributed by atoms with Crippen molar-refractivity contribution in [3.05, 3.63) is 35.6 Å². The molecule has 0 saturated carbocycles. The maximum Gasteiger partial charge on any atom is 0.404 e. The van der Waals surface area contributed by atoms with Crippen LogP contribution < -0.4 is 5.32 Å². The van der Waals surface area contributed by atoms with Gasteiger partial charge in [0.05, 0.1) is 0 Å². The van der Waals surface area contributed by atoms with Crippen LogP contribution in [0.1, 0.15) is 24.3 Å². The normalized spacial score (nSPS) is 11.8. The van der Waals surface area contributed by atoms with Crippen LogP contribution in [0.15, 0.2) is 24.3 Å². The van der Waals surface area contributed by atoms with Crippen molar-refractivity contribution in [2.24, 2.45) is 0 Å². The number of halogens is 1. The number of carbonyl (C=O) groups is 2. The van der Waals surface area contributed by atoms with Gasteiger partial charge in [0.2, 0.25) is 0 Å². The molecule has 0 aromatic heterocycles. The summed E-state index contributed by atoms with van der Waals surface area (Å²) in [7, 11) is 0. The summed E-state index contributed by atoms with van der Waals surface area (Å²) < 4.78 is 12.7. The fourth-order valence-electron chi connectivity index (χ4n) is 1.63. The van der Waals surface area contributed by atoms with Gasteiger partial charge in [-0.15, -0.1) is 0 Å². The summed E-state index contributed by atoms with van der Waals surface area (Å²) in [5, 5.41) is 10.7. The monoisotopic (exact) mass is 239 g/mol. The van der Waals surface area contributed by atoms with Crippen LogP contribution in [-0.4, -0.2) is 24.0 Å². The molecule has 17 heavy (non-hydrogen) atoms. The Morgan fingerprint density at radius 2 is 2.06 bits per heavy atom. The van der Waals surface area contributed by atoms with E-state index in [0.29, 0.717) is 12.8 Å². The van der Waals surface area contributed by atoms with E-state index in [0.717, 1.165) is 11.8 Å². The second-order valence-corrected chi connectivity index (χ2v) is 3.67. The highest BCUT2D eigenvalue weighted by molar-refractivity contribution is 5.64. The Kier molecular flexibility index (Phi) is 5.13. The molecule has 1 amide bonds. The number of rotatable bonds is 6. The number of nitrogens with one attached hydrogen (secondary N) is 1. The summed E-state index contributed by atoms with van der Waals surface area (Å²) in [4.78, 5) is 20.8. The molecule has 0 spiro atoms. The average Bonchev–Trinajstić information content (AvgIpc) is 2.29. The summed E-state index contributed by atoms with van der Waals surface area (Å²) in [6.45, 7) is 0.269. The van der Waals surface area contributed by atoms with Crippen LogP contribution in [0.5, 0.6) is 0 Å². The quantitative estimate of drug-likeness (QED) is 0.747. The molecule has 1 atom stereocenters. The summed E-state index contributed by atoms with van der Waals surface area (Å²) in [5.74, 6) is -0.415. The number of aldehydes is 1. The van der Waals surface area contributed by atoms with Crippen molar-refractivity contribution in [3.63, 3.8) is 0 Å². The van der Waals surface area contributed by atoms with Crippen LogP contribution in [0.2, 0.25) is 0 Å². The minimum Gasteiger partial charge on any atom is -0.465 e. The Morgan fingerprint density at radius 1 is 1.41 bits per heavy atom. The van der Waals surface area contributed by atoms with Crippen molar-refractivity contribution in [1.82, 2.24) is 5.32 Å². The molecule has 0 aliphatic heterocycles. The van der Waals surface area contributed by atoms with Crippen molar-refractivity contribution in [2.45, 2.75) is 18.8 Å². The standard InChI is InChI=1S/C12H14FNO3/c13-11-3-1-9(2-4-11)10(6-8-15)5-7-14-12(16)17/h1-4,8,10,14H,5-7H2,(H,16,17)/t10-/m0/s1. The number of benzene rings is 1. The molecule has 1 aromatic carbocycles. The molecule has 92 valence electrons. The molecular weight excluding hydrogens is 225 g/mol. The lowest BCUT2D eigenvalue weighted by molar-refractivity contribution is -0.108. The number of carboxylic acid groups (broad SMARTS) is 1. The van der Waals surface area contributed by atoms with E-state index in [1.54, 1.807) is 12.1 Å². The fraction of sp³-hybridized carbons (Fsp3) is 0.333. The molecule has 0 unspecified atom stereocenters. The molecule has 0 saturated heterocycles. The van der Waals surface area contributed by atoms with E-state index in [1.165, 1.54) is 12.1 Å². The maximum atomic E-state index is 12.7. The molecule has 4 nitrogen and oxygen atoms in total. The molecule has 0 radical (unpaired) electrons. The largest absolute Gasteiger partial charge is 0.465 e. The van der Waals surface area contributed by atoms with Crippen LogP contribution >= 0.6 is 0 Å². The third-order valence-corrected chi connectivity index (χ3v) is 2.49. The van der Waals surface area contributed by atoms with Crippen molar-refractivity contribution in [2.75, 3.05) is 6.54 Å². The first-order valence-electron chi connectivity index (χ1n) is 5.29. The molecule has 0 aliphatic carbocycles. The lowest BCUT2D eigenvalue weighted by atomic mass is 9.93. The summed E-state index contributed by atoms with van der Waals surface area (Å²) in [6, 6.07) is 5.89. The van der Waals surface area contributed by atoms with E-state index < -0.39 is 6.09 Å². The summed E-state index contributed by atoms with van der Waals surface area (Å²) in [5.41, 5.74) is 0.839. The van der Waals surface area contributed by atoms with Crippen LogP contribution in [0.3, 0.4) is 0 Å². The lowest BCUT2D eigenvalue weighted by Crippen LogP contribution is -2.23. The van der Waals surface area contributed by atoms with Gasteiger partial charge in [0.15, 0.2) is 0 Å². The first kappa shape index (κ1) is 13.2. The molecular formula is C12H14FNO3. The van der Waals surface area contributed by atoms with E-state index in [4.69, 9.17) is 5.11 Å². The fourth-order valence-corrected chi connectivity index (χ4v) is 1.63. The van der Waals surface area contributed by atoms with Crippen LogP contribution in [-0.2, 0) is 4.79 Å². The van der Waals surface area contributed by atoms with Gasteiger partial charge >= 0.3 is 6.09 Å². The van der Waals surface area contributed by atoms with Crippen molar-refractivity contribution < 1.29 is 19.1 Å². The Bertz CT molecular complexity index is 378. The molecule has 1 aromatic rings. The summed E-state index contributed by atoms with van der Waals surface area (Å²) >= 11 is 0. The average molecular weight is 239 g/mol. The molecule has 5 heteroatoms. The van der Waals surface area contributed by atoms with Crippen LogP contribution in [0.25, 0.3) is 0 Å². The number of hydrogen-bond acceptors (Lipinski definition) is 2. The number of carbonyl (C=O) groups excluding carboxylic acids is 1. The SMILES string of the molecule is O=CC[C@H](CCNC(=O)O)c1ccc(F)cc1. The predicted octanol–water partition coefficient (Wildman–Crippen LogP) is 2.16. The molecule has 0 aliphatic rings. The highest BCUT2D eigenvalue weighted by atomic mass is 19.1. The van der Waals surface area contributed by atoms with Gasteiger partial charge in [-0.1, -0.05) is 12.1 Å². The second kappa shape index (κ2) is 6.62. The Labute approximate surface area is 98.5 Å². The van der Waals surface area contributed by atoms with Crippen molar-refractivity contribution in [3.8, 4) is 0 Å². The Morgan fingerprint density at radius 3 is 2.59 bits per heavy atom. The zero-order valence-corrected chi connectivity index (χ0v) is 9.23. The third-order valence-electron chi connectivity index (χ3n) is 2.49. The highest BCUT2D eigenvalue weighted by Gasteiger charge is 2.11. The van der Waals surface area contributed by atoms with Crippen molar-refractivity contribution >= 4 is 12.4 Å². The first-order chi connectivity index (χ1) is 8.13. The second-order valence-electron chi connectivity index (χ2n) is 3.67. The van der Waals surface area contributed by atoms with Crippen LogP contribution in [0, 0.1) is 5.82 Å². The first-order valence-corrected chi connectivity index (χ1v) is 5.29. The van der Waals surface area contributed by atoms with E-state index in [2.05, 4.69) is 5.32 Å². The minimum absolute atomic E-state index is 0.0834. The van der Waals surface area contributed by atoms with Gasteiger partial charge in [0, 0.05) is 13.0 Å². The third kappa shape index (κ3) is 4.63. The molecule has 0 fully saturated rings. The van der Waals surface area contributed by atoms with Gasteiger partial charge in [0.25, 0.3) is 0 Å². The highest BCUT2D eigenvalue weighted by Crippen LogP contribution is 2.22.